The van der Waals surface area contributed by atoms with E-state index in [0.717, 1.165) is 7.11 Å². The molecule has 0 bridgehead atoms. The third-order valence-electron chi connectivity index (χ3n) is 2.13. The van der Waals surface area contributed by atoms with Crippen molar-refractivity contribution >= 4 is 18.4 Å². The molecule has 0 atom stereocenters. The van der Waals surface area contributed by atoms with E-state index < -0.39 is 35.7 Å². The molecule has 0 N–H and O–H groups in total. The van der Waals surface area contributed by atoms with Gasteiger partial charge in [-0.2, -0.15) is 13.2 Å². The van der Waals surface area contributed by atoms with E-state index in [0.29, 0.717) is 12.1 Å². The minimum absolute atomic E-state index is 0. The average molecular weight is 310 g/mol. The topological polar surface area (TPSA) is 26.3 Å². The second-order valence-electron chi connectivity index (χ2n) is 3.37. The molecule has 1 aromatic carbocycles. The Balaban J connectivity index is 0.00000324. The SMILES string of the molecule is COC(=O)c1ccc([B-](F)(F)F)cc1C(F)(F)F.[K+]. The summed E-state index contributed by atoms with van der Waals surface area (Å²) in [7, 11) is 0.837. The van der Waals surface area contributed by atoms with Crippen molar-refractivity contribution < 1.29 is 87.0 Å². The minimum Gasteiger partial charge on any atom is -0.465 e. The molecule has 0 saturated heterocycles. The summed E-state index contributed by atoms with van der Waals surface area (Å²) in [6.07, 6.45) is -5.07. The molecule has 19 heavy (non-hydrogen) atoms. The van der Waals surface area contributed by atoms with Crippen LogP contribution in [0.1, 0.15) is 15.9 Å². The van der Waals surface area contributed by atoms with Crippen molar-refractivity contribution in [3.05, 3.63) is 29.3 Å². The summed E-state index contributed by atoms with van der Waals surface area (Å²) >= 11 is 0. The minimum atomic E-state index is -5.57. The van der Waals surface area contributed by atoms with E-state index >= 15 is 0 Å². The first-order valence-electron chi connectivity index (χ1n) is 4.56. The monoisotopic (exact) mass is 310 g/mol. The van der Waals surface area contributed by atoms with Gasteiger partial charge in [0.25, 0.3) is 0 Å². The van der Waals surface area contributed by atoms with Crippen molar-refractivity contribution in [2.24, 2.45) is 0 Å². The Morgan fingerprint density at radius 2 is 1.74 bits per heavy atom. The first-order valence-corrected chi connectivity index (χ1v) is 4.56. The van der Waals surface area contributed by atoms with Crippen LogP contribution in [-0.4, -0.2) is 20.1 Å². The summed E-state index contributed by atoms with van der Waals surface area (Å²) < 4.78 is 78.8. The smallest absolute Gasteiger partial charge is 0.465 e. The largest absolute Gasteiger partial charge is 1.00 e. The van der Waals surface area contributed by atoms with Gasteiger partial charge in [-0.25, -0.2) is 4.79 Å². The molecule has 0 radical (unpaired) electrons. The second kappa shape index (κ2) is 6.62. The van der Waals surface area contributed by atoms with Crippen LogP contribution in [0, 0.1) is 0 Å². The van der Waals surface area contributed by atoms with Crippen LogP contribution in [0.3, 0.4) is 0 Å². The number of halogens is 6. The van der Waals surface area contributed by atoms with Gasteiger partial charge < -0.3 is 17.7 Å². The molecule has 0 fully saturated rings. The van der Waals surface area contributed by atoms with Gasteiger partial charge in [-0.3, -0.25) is 0 Å². The Bertz CT molecular complexity index is 471. The molecule has 0 heterocycles. The van der Waals surface area contributed by atoms with E-state index in [1.165, 1.54) is 0 Å². The molecule has 100 valence electrons. The Kier molecular flexibility index (Phi) is 6.61. The Hall–Kier alpha value is -0.0287. The maximum atomic E-state index is 12.5. The molecule has 1 rings (SSSR count). The second-order valence-corrected chi connectivity index (χ2v) is 3.37. The van der Waals surface area contributed by atoms with Crippen molar-refractivity contribution in [3.8, 4) is 0 Å². The third kappa shape index (κ3) is 4.78. The number of esters is 1. The molecule has 0 saturated carbocycles. The van der Waals surface area contributed by atoms with Crippen molar-refractivity contribution in [3.63, 3.8) is 0 Å². The molecule has 0 aliphatic heterocycles. The molecule has 1 aromatic rings. The molecule has 10 heteroatoms. The van der Waals surface area contributed by atoms with Gasteiger partial charge in [0.15, 0.2) is 0 Å². The molecule has 0 aliphatic rings. The fourth-order valence-corrected chi connectivity index (χ4v) is 1.29. The van der Waals surface area contributed by atoms with E-state index in [4.69, 9.17) is 0 Å². The van der Waals surface area contributed by atoms with Gasteiger partial charge in [-0.1, -0.05) is 12.1 Å². The van der Waals surface area contributed by atoms with Crippen LogP contribution in [0.5, 0.6) is 0 Å². The Morgan fingerprint density at radius 3 is 2.11 bits per heavy atom. The number of carbonyl (C=O) groups excluding carboxylic acids is 1. The van der Waals surface area contributed by atoms with Gasteiger partial charge in [0.2, 0.25) is 0 Å². The molecule has 0 unspecified atom stereocenters. The Labute approximate surface area is 147 Å². The zero-order valence-electron chi connectivity index (χ0n) is 9.89. The molecular formula is C9H6BF6KO2. The van der Waals surface area contributed by atoms with Crippen LogP contribution in [-0.2, 0) is 10.9 Å². The van der Waals surface area contributed by atoms with Gasteiger partial charge in [0, 0.05) is 0 Å². The number of carbonyl (C=O) groups is 1. The average Bonchev–Trinajstić information content (AvgIpc) is 2.24. The van der Waals surface area contributed by atoms with E-state index in [1.54, 1.807) is 0 Å². The molecule has 2 nitrogen and oxygen atoms in total. The first-order chi connectivity index (χ1) is 8.07. The fourth-order valence-electron chi connectivity index (χ4n) is 1.29. The number of ether oxygens (including phenoxy) is 1. The fraction of sp³-hybridized carbons (Fsp3) is 0.222. The van der Waals surface area contributed by atoms with E-state index in [1.807, 2.05) is 0 Å². The number of methoxy groups -OCH3 is 1. The summed E-state index contributed by atoms with van der Waals surface area (Å²) in [6.45, 7) is -5.57. The summed E-state index contributed by atoms with van der Waals surface area (Å²) in [5, 5.41) is 0. The van der Waals surface area contributed by atoms with Crippen molar-refractivity contribution in [2.45, 2.75) is 6.18 Å². The first kappa shape index (κ1) is 19.0. The Morgan fingerprint density at radius 1 is 1.21 bits per heavy atom. The standard InChI is InChI=1S/C9H6BF6O2.K/c1-18-8(17)6-3-2-5(10(14,15)16)4-7(6)9(11,12)13;/h2-4H,1H3;/q-1;+1. The van der Waals surface area contributed by atoms with Crippen molar-refractivity contribution in [2.75, 3.05) is 7.11 Å². The van der Waals surface area contributed by atoms with Crippen LogP contribution >= 0.6 is 0 Å². The summed E-state index contributed by atoms with van der Waals surface area (Å²) in [4.78, 5) is 11.0. The van der Waals surface area contributed by atoms with E-state index in [2.05, 4.69) is 4.74 Å². The van der Waals surface area contributed by atoms with Gasteiger partial charge in [-0.05, 0) is 6.07 Å². The molecule has 0 amide bonds. The zero-order valence-corrected chi connectivity index (χ0v) is 13.0. The predicted octanol–water partition coefficient (Wildman–Crippen LogP) is -0.450. The molecular weight excluding hydrogens is 304 g/mol. The van der Waals surface area contributed by atoms with E-state index in [9.17, 15) is 30.9 Å². The van der Waals surface area contributed by atoms with Gasteiger partial charge in [0.1, 0.15) is 0 Å². The van der Waals surface area contributed by atoms with Crippen LogP contribution < -0.4 is 56.8 Å². The predicted molar refractivity (Wildman–Crippen MR) is 51.5 cm³/mol. The van der Waals surface area contributed by atoms with Crippen molar-refractivity contribution in [1.29, 1.82) is 0 Å². The number of hydrogen-bond acceptors (Lipinski definition) is 2. The quantitative estimate of drug-likeness (QED) is 0.420. The summed E-state index contributed by atoms with van der Waals surface area (Å²) in [5.74, 6) is -1.34. The van der Waals surface area contributed by atoms with Gasteiger partial charge in [0.05, 0.1) is 18.2 Å². The van der Waals surface area contributed by atoms with Crippen LogP contribution in [0.4, 0.5) is 26.1 Å². The number of alkyl halides is 3. The number of rotatable bonds is 2. The maximum Gasteiger partial charge on any atom is 1.00 e. The summed E-state index contributed by atoms with van der Waals surface area (Å²) in [5.41, 5.74) is -4.03. The van der Waals surface area contributed by atoms with Crippen LogP contribution in [0.25, 0.3) is 0 Å². The van der Waals surface area contributed by atoms with Gasteiger partial charge >= 0.3 is 70.5 Å². The third-order valence-corrected chi connectivity index (χ3v) is 2.13. The zero-order chi connectivity index (χ0) is 14.1. The number of hydrogen-bond donors (Lipinski definition) is 0. The molecule has 0 spiro atoms. The normalized spacial score (nSPS) is 11.7. The molecule has 0 aromatic heterocycles. The van der Waals surface area contributed by atoms with E-state index in [-0.39, 0.29) is 57.5 Å². The van der Waals surface area contributed by atoms with Gasteiger partial charge in [-0.15, -0.1) is 5.46 Å². The van der Waals surface area contributed by atoms with Crippen molar-refractivity contribution in [1.82, 2.24) is 0 Å². The van der Waals surface area contributed by atoms with Crippen LogP contribution in [0.15, 0.2) is 18.2 Å². The molecule has 0 aliphatic carbocycles. The maximum absolute atomic E-state index is 12.5. The van der Waals surface area contributed by atoms with Crippen LogP contribution in [0.2, 0.25) is 0 Å². The number of benzene rings is 1. The summed E-state index contributed by atoms with van der Waals surface area (Å²) in [6, 6.07) is 0.785.